The Hall–Kier alpha value is -0.220. The quantitative estimate of drug-likeness (QED) is 0.811. The molecule has 2 rings (SSSR count). The topological polar surface area (TPSA) is 23.5 Å². The summed E-state index contributed by atoms with van der Waals surface area (Å²) in [7, 11) is 0. The molecule has 100 valence electrons. The first-order valence-corrected chi connectivity index (χ1v) is 6.82. The van der Waals surface area contributed by atoms with Gasteiger partial charge in [-0.2, -0.15) is 0 Å². The van der Waals surface area contributed by atoms with Crippen LogP contribution in [0.2, 0.25) is 0 Å². The van der Waals surface area contributed by atoms with Gasteiger partial charge in [-0.25, -0.2) is 8.78 Å². The van der Waals surface area contributed by atoms with Gasteiger partial charge >= 0.3 is 0 Å². The van der Waals surface area contributed by atoms with Crippen molar-refractivity contribution in [2.24, 2.45) is 5.92 Å². The van der Waals surface area contributed by atoms with Gasteiger partial charge in [-0.3, -0.25) is 4.90 Å². The van der Waals surface area contributed by atoms with Gasteiger partial charge in [0.2, 0.25) is 0 Å². The summed E-state index contributed by atoms with van der Waals surface area (Å²) < 4.78 is 26.9. The minimum absolute atomic E-state index is 0.0234. The molecule has 1 saturated heterocycles. The number of alkyl halides is 2. The molecule has 3 atom stereocenters. The average molecular weight is 247 g/mol. The summed E-state index contributed by atoms with van der Waals surface area (Å²) >= 11 is 0. The maximum atomic E-state index is 13.4. The molecule has 0 aromatic carbocycles. The van der Waals surface area contributed by atoms with Crippen LogP contribution in [0.25, 0.3) is 0 Å². The van der Waals surface area contributed by atoms with Gasteiger partial charge in [-0.15, -0.1) is 0 Å². The van der Waals surface area contributed by atoms with Crippen LogP contribution >= 0.6 is 0 Å². The Morgan fingerprint density at radius 1 is 1.35 bits per heavy atom. The number of hydrogen-bond donors (Lipinski definition) is 1. The molecule has 3 unspecified atom stereocenters. The van der Waals surface area contributed by atoms with Gasteiger partial charge in [-0.05, 0) is 38.1 Å². The summed E-state index contributed by atoms with van der Waals surface area (Å²) in [5.74, 6) is -2.05. The van der Waals surface area contributed by atoms with Crippen molar-refractivity contribution in [2.45, 2.75) is 63.5 Å². The lowest BCUT2D eigenvalue weighted by molar-refractivity contribution is -0.0930. The van der Waals surface area contributed by atoms with Gasteiger partial charge in [-0.1, -0.05) is 13.3 Å². The zero-order valence-electron chi connectivity index (χ0n) is 10.5. The fourth-order valence-corrected chi connectivity index (χ4v) is 3.39. The van der Waals surface area contributed by atoms with Gasteiger partial charge in [0.05, 0.1) is 12.6 Å². The van der Waals surface area contributed by atoms with Crippen molar-refractivity contribution < 1.29 is 13.9 Å². The molecule has 0 amide bonds. The maximum absolute atomic E-state index is 13.4. The predicted octanol–water partition coefficient (Wildman–Crippen LogP) is 2.66. The summed E-state index contributed by atoms with van der Waals surface area (Å²) in [4.78, 5) is 1.93. The number of piperidine rings is 1. The fourth-order valence-electron chi connectivity index (χ4n) is 3.39. The normalized spacial score (nSPS) is 39.2. The van der Waals surface area contributed by atoms with Crippen molar-refractivity contribution in [1.82, 2.24) is 4.90 Å². The second-order valence-electron chi connectivity index (χ2n) is 5.63. The Morgan fingerprint density at radius 2 is 2.12 bits per heavy atom. The number of hydrogen-bond acceptors (Lipinski definition) is 2. The summed E-state index contributed by atoms with van der Waals surface area (Å²) in [5, 5.41) is 9.74. The molecule has 0 aromatic rings. The van der Waals surface area contributed by atoms with Crippen molar-refractivity contribution in [3.8, 4) is 0 Å². The van der Waals surface area contributed by atoms with Crippen LogP contribution in [0, 0.1) is 5.92 Å². The maximum Gasteiger partial charge on any atom is 0.260 e. The molecule has 0 radical (unpaired) electrons. The molecular weight excluding hydrogens is 224 g/mol. The first kappa shape index (κ1) is 13.2. The van der Waals surface area contributed by atoms with Crippen molar-refractivity contribution in [2.75, 3.05) is 13.1 Å². The van der Waals surface area contributed by atoms with E-state index in [1.54, 1.807) is 0 Å². The van der Waals surface area contributed by atoms with E-state index in [0.717, 1.165) is 25.8 Å². The Bertz CT molecular complexity index is 260. The monoisotopic (exact) mass is 247 g/mol. The molecule has 2 fully saturated rings. The first-order chi connectivity index (χ1) is 8.02. The van der Waals surface area contributed by atoms with Gasteiger partial charge in [0, 0.05) is 12.5 Å². The highest BCUT2D eigenvalue weighted by Gasteiger charge is 2.41. The van der Waals surface area contributed by atoms with Crippen LogP contribution in [0.1, 0.15) is 45.4 Å². The van der Waals surface area contributed by atoms with Crippen molar-refractivity contribution in [3.05, 3.63) is 0 Å². The van der Waals surface area contributed by atoms with Crippen molar-refractivity contribution in [1.29, 1.82) is 0 Å². The van der Waals surface area contributed by atoms with E-state index in [-0.39, 0.29) is 25.1 Å². The van der Waals surface area contributed by atoms with Gasteiger partial charge in [0.15, 0.2) is 0 Å². The molecule has 4 heteroatoms. The van der Waals surface area contributed by atoms with E-state index in [1.165, 1.54) is 0 Å². The molecule has 0 aromatic heterocycles. The van der Waals surface area contributed by atoms with E-state index in [9.17, 15) is 13.9 Å². The number of rotatable bonds is 2. The minimum atomic E-state index is -2.53. The number of likely N-dealkylation sites (tertiary alicyclic amines) is 1. The van der Waals surface area contributed by atoms with Gasteiger partial charge in [0.25, 0.3) is 5.92 Å². The molecular formula is C13H23F2NO. The largest absolute Gasteiger partial charge is 0.393 e. The molecule has 0 bridgehead atoms. The Kier molecular flexibility index (Phi) is 4.03. The predicted molar refractivity (Wildman–Crippen MR) is 63.2 cm³/mol. The van der Waals surface area contributed by atoms with Crippen LogP contribution in [0.3, 0.4) is 0 Å². The standard InChI is InChI=1S/C13H23F2NO/c1-2-10-4-5-11(17)8-12(10)16-7-3-6-13(14,15)9-16/h10-12,17H,2-9H2,1H3. The summed E-state index contributed by atoms with van der Waals surface area (Å²) in [5.41, 5.74) is 0. The summed E-state index contributed by atoms with van der Waals surface area (Å²) in [6.07, 6.45) is 3.82. The Balaban J connectivity index is 2.02. The smallest absolute Gasteiger partial charge is 0.260 e. The van der Waals surface area contributed by atoms with Crippen LogP contribution in [-0.2, 0) is 0 Å². The zero-order valence-corrected chi connectivity index (χ0v) is 10.5. The van der Waals surface area contributed by atoms with Crippen LogP contribution in [0.15, 0.2) is 0 Å². The highest BCUT2D eigenvalue weighted by Crippen LogP contribution is 2.35. The minimum Gasteiger partial charge on any atom is -0.393 e. The molecule has 1 N–H and O–H groups in total. The van der Waals surface area contributed by atoms with Crippen molar-refractivity contribution >= 4 is 0 Å². The zero-order chi connectivity index (χ0) is 12.5. The summed E-state index contributed by atoms with van der Waals surface area (Å²) in [6, 6.07) is 0.162. The fraction of sp³-hybridized carbons (Fsp3) is 1.00. The van der Waals surface area contributed by atoms with Gasteiger partial charge in [0.1, 0.15) is 0 Å². The molecule has 2 nitrogen and oxygen atoms in total. The number of aliphatic hydroxyl groups excluding tert-OH is 1. The highest BCUT2D eigenvalue weighted by atomic mass is 19.3. The SMILES string of the molecule is CCC1CCC(O)CC1N1CCCC(F)(F)C1. The summed E-state index contributed by atoms with van der Waals surface area (Å²) in [6.45, 7) is 2.78. The van der Waals surface area contributed by atoms with Gasteiger partial charge < -0.3 is 5.11 Å². The second-order valence-corrected chi connectivity index (χ2v) is 5.63. The molecule has 1 saturated carbocycles. The molecule has 0 spiro atoms. The van der Waals surface area contributed by atoms with E-state index in [4.69, 9.17) is 0 Å². The van der Waals surface area contributed by atoms with Crippen molar-refractivity contribution in [3.63, 3.8) is 0 Å². The molecule has 2 aliphatic rings. The van der Waals surface area contributed by atoms with E-state index in [1.807, 2.05) is 4.90 Å². The van der Waals surface area contributed by atoms with Crippen LogP contribution in [0.5, 0.6) is 0 Å². The third kappa shape index (κ3) is 3.16. The lowest BCUT2D eigenvalue weighted by Crippen LogP contribution is -2.52. The lowest BCUT2D eigenvalue weighted by Gasteiger charge is -2.44. The third-order valence-electron chi connectivity index (χ3n) is 4.34. The van der Waals surface area contributed by atoms with E-state index in [2.05, 4.69) is 6.92 Å². The van der Waals surface area contributed by atoms with E-state index < -0.39 is 5.92 Å². The molecule has 1 aliphatic heterocycles. The molecule has 1 heterocycles. The Labute approximate surface area is 102 Å². The Morgan fingerprint density at radius 3 is 2.76 bits per heavy atom. The molecule has 1 aliphatic carbocycles. The van der Waals surface area contributed by atoms with Crippen LogP contribution < -0.4 is 0 Å². The lowest BCUT2D eigenvalue weighted by atomic mass is 9.80. The highest BCUT2D eigenvalue weighted by molar-refractivity contribution is 4.90. The second kappa shape index (κ2) is 5.19. The number of aliphatic hydroxyl groups is 1. The van der Waals surface area contributed by atoms with Crippen LogP contribution in [0.4, 0.5) is 8.78 Å². The average Bonchev–Trinajstić information content (AvgIpc) is 2.27. The molecule has 17 heavy (non-hydrogen) atoms. The number of halogens is 2. The number of nitrogens with zero attached hydrogens (tertiary/aromatic N) is 1. The van der Waals surface area contributed by atoms with Crippen LogP contribution in [-0.4, -0.2) is 41.2 Å². The van der Waals surface area contributed by atoms with E-state index >= 15 is 0 Å². The van der Waals surface area contributed by atoms with E-state index in [0.29, 0.717) is 18.8 Å². The first-order valence-electron chi connectivity index (χ1n) is 6.82. The third-order valence-corrected chi connectivity index (χ3v) is 4.34.